The van der Waals surface area contributed by atoms with Crippen LogP contribution < -0.4 is 5.32 Å². The van der Waals surface area contributed by atoms with Crippen LogP contribution in [0.1, 0.15) is 55.4 Å². The molecule has 0 bridgehead atoms. The fraction of sp³-hybridized carbons (Fsp3) is 0.938. The maximum Gasteiger partial charge on any atom is 0.410 e. The first-order valence-electron chi connectivity index (χ1n) is 7.79. The Balaban J connectivity index is 4.43. The Morgan fingerprint density at radius 1 is 1.19 bits per heavy atom. The van der Waals surface area contributed by atoms with Gasteiger partial charge in [-0.15, -0.1) is 0 Å². The Morgan fingerprint density at radius 3 is 2.19 bits per heavy atom. The number of hydrogen-bond donors (Lipinski definition) is 1. The lowest BCUT2D eigenvalue weighted by molar-refractivity contribution is 0.00627. The summed E-state index contributed by atoms with van der Waals surface area (Å²) in [6, 6.07) is 0.269. The molecule has 0 aliphatic rings. The lowest BCUT2D eigenvalue weighted by Crippen LogP contribution is -2.51. The lowest BCUT2D eigenvalue weighted by Gasteiger charge is -2.37. The minimum atomic E-state index is -0.476. The molecular formula is C16H34N2O3. The number of ether oxygens (including phenoxy) is 2. The van der Waals surface area contributed by atoms with Crippen molar-refractivity contribution in [1.29, 1.82) is 0 Å². The molecule has 0 radical (unpaired) electrons. The second-order valence-electron chi connectivity index (χ2n) is 7.32. The van der Waals surface area contributed by atoms with Crippen molar-refractivity contribution in [3.63, 3.8) is 0 Å². The minimum absolute atomic E-state index is 0.269. The maximum atomic E-state index is 12.3. The van der Waals surface area contributed by atoms with Crippen molar-refractivity contribution >= 4 is 6.09 Å². The SMILES string of the molecule is CCOCC(C)NCCN(C(=O)OC(C)(C)C)C(C)(C)C. The number of rotatable bonds is 7. The summed E-state index contributed by atoms with van der Waals surface area (Å²) in [5.41, 5.74) is -0.747. The Hall–Kier alpha value is -0.810. The van der Waals surface area contributed by atoms with E-state index >= 15 is 0 Å². The highest BCUT2D eigenvalue weighted by Gasteiger charge is 2.30. The summed E-state index contributed by atoms with van der Waals surface area (Å²) in [6.07, 6.45) is -0.269. The standard InChI is InChI=1S/C16H34N2O3/c1-9-20-12-13(2)17-10-11-18(15(3,4)5)14(19)21-16(6,7)8/h13,17H,9-12H2,1-8H3. The van der Waals surface area contributed by atoms with Gasteiger partial charge in [-0.3, -0.25) is 0 Å². The molecular weight excluding hydrogens is 268 g/mol. The van der Waals surface area contributed by atoms with Gasteiger partial charge in [-0.1, -0.05) is 0 Å². The summed E-state index contributed by atoms with van der Waals surface area (Å²) in [7, 11) is 0. The van der Waals surface area contributed by atoms with Crippen LogP contribution >= 0.6 is 0 Å². The molecule has 0 aromatic carbocycles. The third-order valence-corrected chi connectivity index (χ3v) is 2.82. The molecule has 5 nitrogen and oxygen atoms in total. The smallest absolute Gasteiger partial charge is 0.410 e. The second kappa shape index (κ2) is 8.59. The molecule has 0 aromatic rings. The molecule has 21 heavy (non-hydrogen) atoms. The normalized spacial score (nSPS) is 13.9. The van der Waals surface area contributed by atoms with Crippen molar-refractivity contribution in [2.75, 3.05) is 26.3 Å². The molecule has 0 saturated carbocycles. The summed E-state index contributed by atoms with van der Waals surface area (Å²) >= 11 is 0. The van der Waals surface area contributed by atoms with Crippen molar-refractivity contribution in [3.05, 3.63) is 0 Å². The van der Waals surface area contributed by atoms with Gasteiger partial charge in [0.2, 0.25) is 0 Å². The maximum absolute atomic E-state index is 12.3. The highest BCUT2D eigenvalue weighted by molar-refractivity contribution is 5.69. The van der Waals surface area contributed by atoms with E-state index in [9.17, 15) is 4.79 Å². The number of nitrogens with zero attached hydrogens (tertiary/aromatic N) is 1. The molecule has 0 rings (SSSR count). The van der Waals surface area contributed by atoms with E-state index in [1.807, 2.05) is 48.5 Å². The van der Waals surface area contributed by atoms with Gasteiger partial charge in [0, 0.05) is 31.3 Å². The molecule has 0 aliphatic heterocycles. The third-order valence-electron chi connectivity index (χ3n) is 2.82. The zero-order valence-corrected chi connectivity index (χ0v) is 15.1. The predicted molar refractivity (Wildman–Crippen MR) is 86.7 cm³/mol. The van der Waals surface area contributed by atoms with Crippen LogP contribution in [0.25, 0.3) is 0 Å². The van der Waals surface area contributed by atoms with Crippen LogP contribution in [-0.4, -0.2) is 54.5 Å². The minimum Gasteiger partial charge on any atom is -0.444 e. The predicted octanol–water partition coefficient (Wildman–Crippen LogP) is 3.04. The van der Waals surface area contributed by atoms with Crippen molar-refractivity contribution in [2.24, 2.45) is 0 Å². The first-order chi connectivity index (χ1) is 9.47. The van der Waals surface area contributed by atoms with E-state index in [1.54, 1.807) is 4.90 Å². The highest BCUT2D eigenvalue weighted by Crippen LogP contribution is 2.17. The van der Waals surface area contributed by atoms with Gasteiger partial charge < -0.3 is 19.7 Å². The molecule has 1 amide bonds. The summed E-state index contributed by atoms with van der Waals surface area (Å²) < 4.78 is 10.8. The Morgan fingerprint density at radius 2 is 1.76 bits per heavy atom. The molecule has 126 valence electrons. The largest absolute Gasteiger partial charge is 0.444 e. The molecule has 0 aromatic heterocycles. The van der Waals surface area contributed by atoms with E-state index in [4.69, 9.17) is 9.47 Å². The first-order valence-corrected chi connectivity index (χ1v) is 7.79. The van der Waals surface area contributed by atoms with Gasteiger partial charge in [0.05, 0.1) is 6.61 Å². The van der Waals surface area contributed by atoms with E-state index in [0.717, 1.165) is 6.61 Å². The van der Waals surface area contributed by atoms with Gasteiger partial charge in [-0.2, -0.15) is 0 Å². The first kappa shape index (κ1) is 20.2. The Bertz CT molecular complexity index is 306. The van der Waals surface area contributed by atoms with E-state index in [0.29, 0.717) is 19.7 Å². The van der Waals surface area contributed by atoms with Crippen LogP contribution in [0.5, 0.6) is 0 Å². The monoisotopic (exact) mass is 302 g/mol. The molecule has 0 saturated heterocycles. The van der Waals surface area contributed by atoms with Crippen LogP contribution in [-0.2, 0) is 9.47 Å². The summed E-state index contributed by atoms with van der Waals surface area (Å²) in [5.74, 6) is 0. The van der Waals surface area contributed by atoms with Crippen molar-refractivity contribution in [1.82, 2.24) is 10.2 Å². The van der Waals surface area contributed by atoms with Crippen LogP contribution in [0.2, 0.25) is 0 Å². The summed E-state index contributed by atoms with van der Waals surface area (Å²) in [5, 5.41) is 3.36. The average Bonchev–Trinajstić information content (AvgIpc) is 2.27. The molecule has 0 heterocycles. The van der Waals surface area contributed by atoms with Crippen molar-refractivity contribution in [2.45, 2.75) is 72.6 Å². The summed E-state index contributed by atoms with van der Waals surface area (Å²) in [4.78, 5) is 14.1. The van der Waals surface area contributed by atoms with Crippen molar-refractivity contribution in [3.8, 4) is 0 Å². The number of amides is 1. The topological polar surface area (TPSA) is 50.8 Å². The number of carbonyl (C=O) groups is 1. The van der Waals surface area contributed by atoms with Gasteiger partial charge in [0.25, 0.3) is 0 Å². The number of carbonyl (C=O) groups excluding carboxylic acids is 1. The Labute approximate surface area is 130 Å². The lowest BCUT2D eigenvalue weighted by atomic mass is 10.1. The zero-order valence-electron chi connectivity index (χ0n) is 15.1. The van der Waals surface area contributed by atoms with Gasteiger partial charge in [-0.05, 0) is 55.4 Å². The highest BCUT2D eigenvalue weighted by atomic mass is 16.6. The fourth-order valence-electron chi connectivity index (χ4n) is 1.79. The molecule has 1 N–H and O–H groups in total. The van der Waals surface area contributed by atoms with Gasteiger partial charge in [-0.25, -0.2) is 4.79 Å². The van der Waals surface area contributed by atoms with Crippen molar-refractivity contribution < 1.29 is 14.3 Å². The van der Waals surface area contributed by atoms with Crippen LogP contribution in [0.15, 0.2) is 0 Å². The van der Waals surface area contributed by atoms with Gasteiger partial charge in [0.15, 0.2) is 0 Å². The molecule has 1 atom stereocenters. The average molecular weight is 302 g/mol. The van der Waals surface area contributed by atoms with E-state index in [-0.39, 0.29) is 17.7 Å². The molecule has 0 spiro atoms. The van der Waals surface area contributed by atoms with Crippen LogP contribution in [0.4, 0.5) is 4.79 Å². The van der Waals surface area contributed by atoms with E-state index in [1.165, 1.54) is 0 Å². The Kier molecular flexibility index (Phi) is 8.26. The van der Waals surface area contributed by atoms with Crippen LogP contribution in [0, 0.1) is 0 Å². The third kappa shape index (κ3) is 9.69. The fourth-order valence-corrected chi connectivity index (χ4v) is 1.79. The molecule has 5 heteroatoms. The molecule has 0 aliphatic carbocycles. The summed E-state index contributed by atoms with van der Waals surface area (Å²) in [6.45, 7) is 18.5. The van der Waals surface area contributed by atoms with Gasteiger partial charge >= 0.3 is 6.09 Å². The van der Waals surface area contributed by atoms with E-state index in [2.05, 4.69) is 12.2 Å². The molecule has 1 unspecified atom stereocenters. The number of hydrogen-bond acceptors (Lipinski definition) is 4. The van der Waals surface area contributed by atoms with E-state index < -0.39 is 5.60 Å². The number of nitrogens with one attached hydrogen (secondary N) is 1. The quantitative estimate of drug-likeness (QED) is 0.785. The second-order valence-corrected chi connectivity index (χ2v) is 7.32. The van der Waals surface area contributed by atoms with Crippen LogP contribution in [0.3, 0.4) is 0 Å². The molecule has 0 fully saturated rings. The van der Waals surface area contributed by atoms with Gasteiger partial charge in [0.1, 0.15) is 5.60 Å². The zero-order chi connectivity index (χ0) is 16.7.